The van der Waals surface area contributed by atoms with Crippen molar-refractivity contribution in [3.05, 3.63) is 47.8 Å². The third kappa shape index (κ3) is 2.63. The van der Waals surface area contributed by atoms with E-state index >= 15 is 0 Å². The molecule has 0 spiro atoms. The molecule has 1 atom stereocenters. The maximum atomic E-state index is 13.8. The Balaban J connectivity index is 1.96. The summed E-state index contributed by atoms with van der Waals surface area (Å²) < 4.78 is 13.8. The maximum absolute atomic E-state index is 13.8. The van der Waals surface area contributed by atoms with Gasteiger partial charge in [0.15, 0.2) is 0 Å². The van der Waals surface area contributed by atoms with E-state index in [1.807, 2.05) is 6.07 Å². The number of aliphatic hydroxyl groups is 1. The molecule has 1 aliphatic rings. The SMILES string of the molecule is O=C(c1ccc(F)c2ccccc12)N1CCCC(CO)C1. The van der Waals surface area contributed by atoms with Crippen LogP contribution < -0.4 is 0 Å². The first-order valence-electron chi connectivity index (χ1n) is 7.28. The van der Waals surface area contributed by atoms with Crippen molar-refractivity contribution < 1.29 is 14.3 Å². The number of nitrogens with zero attached hydrogens (tertiary/aromatic N) is 1. The smallest absolute Gasteiger partial charge is 0.254 e. The minimum absolute atomic E-state index is 0.0793. The van der Waals surface area contributed by atoms with Crippen molar-refractivity contribution in [3.8, 4) is 0 Å². The number of rotatable bonds is 2. The Bertz CT molecular complexity index is 671. The van der Waals surface area contributed by atoms with Crippen LogP contribution in [0.4, 0.5) is 4.39 Å². The van der Waals surface area contributed by atoms with E-state index in [2.05, 4.69) is 0 Å². The highest BCUT2D eigenvalue weighted by Crippen LogP contribution is 2.25. The van der Waals surface area contributed by atoms with Gasteiger partial charge in [-0.3, -0.25) is 4.79 Å². The van der Waals surface area contributed by atoms with Gasteiger partial charge in [-0.1, -0.05) is 24.3 Å². The fraction of sp³-hybridized carbons (Fsp3) is 0.353. The number of hydrogen-bond acceptors (Lipinski definition) is 2. The van der Waals surface area contributed by atoms with Crippen LogP contribution in [0.2, 0.25) is 0 Å². The summed E-state index contributed by atoms with van der Waals surface area (Å²) in [6.07, 6.45) is 1.85. The quantitative estimate of drug-likeness (QED) is 0.922. The molecule has 1 saturated heterocycles. The van der Waals surface area contributed by atoms with E-state index in [4.69, 9.17) is 0 Å². The Morgan fingerprint density at radius 2 is 2.00 bits per heavy atom. The standard InChI is InChI=1S/C17H18FNO2/c18-16-8-7-15(13-5-1-2-6-14(13)16)17(21)19-9-3-4-12(10-19)11-20/h1-2,5-8,12,20H,3-4,9-11H2. The average Bonchev–Trinajstić information content (AvgIpc) is 2.55. The Morgan fingerprint density at radius 1 is 1.24 bits per heavy atom. The number of halogens is 1. The number of hydrogen-bond donors (Lipinski definition) is 1. The van der Waals surface area contributed by atoms with Gasteiger partial charge in [0.1, 0.15) is 5.82 Å². The lowest BCUT2D eigenvalue weighted by atomic mass is 9.97. The Kier molecular flexibility index (Phi) is 3.88. The van der Waals surface area contributed by atoms with Crippen LogP contribution in [-0.4, -0.2) is 35.6 Å². The van der Waals surface area contributed by atoms with E-state index in [9.17, 15) is 14.3 Å². The monoisotopic (exact) mass is 287 g/mol. The second-order valence-corrected chi connectivity index (χ2v) is 5.58. The summed E-state index contributed by atoms with van der Waals surface area (Å²) in [5, 5.41) is 10.4. The lowest BCUT2D eigenvalue weighted by Gasteiger charge is -2.32. The lowest BCUT2D eigenvalue weighted by molar-refractivity contribution is 0.0622. The zero-order chi connectivity index (χ0) is 14.8. The van der Waals surface area contributed by atoms with Crippen molar-refractivity contribution in [2.45, 2.75) is 12.8 Å². The molecule has 1 amide bonds. The maximum Gasteiger partial charge on any atom is 0.254 e. The molecule has 1 fully saturated rings. The number of carbonyl (C=O) groups excluding carboxylic acids is 1. The predicted octanol–water partition coefficient (Wildman–Crippen LogP) is 2.82. The number of piperidine rings is 1. The molecule has 0 aliphatic carbocycles. The first kappa shape index (κ1) is 14.0. The molecule has 3 rings (SSSR count). The van der Waals surface area contributed by atoms with E-state index in [1.165, 1.54) is 6.07 Å². The number of likely N-dealkylation sites (tertiary alicyclic amines) is 1. The molecule has 110 valence electrons. The van der Waals surface area contributed by atoms with Crippen molar-refractivity contribution in [3.63, 3.8) is 0 Å². The van der Waals surface area contributed by atoms with E-state index in [-0.39, 0.29) is 24.2 Å². The van der Waals surface area contributed by atoms with Crippen LogP contribution >= 0.6 is 0 Å². The molecule has 2 aromatic rings. The molecule has 1 aliphatic heterocycles. The third-order valence-electron chi connectivity index (χ3n) is 4.17. The summed E-state index contributed by atoms with van der Waals surface area (Å²) in [5.41, 5.74) is 0.533. The molecule has 1 unspecified atom stereocenters. The van der Waals surface area contributed by atoms with Crippen LogP contribution in [0.3, 0.4) is 0 Å². The Hall–Kier alpha value is -1.94. The summed E-state index contributed by atoms with van der Waals surface area (Å²) in [6, 6.07) is 9.95. The minimum atomic E-state index is -0.311. The van der Waals surface area contributed by atoms with Gasteiger partial charge in [0.05, 0.1) is 0 Å². The van der Waals surface area contributed by atoms with Crippen molar-refractivity contribution in [2.75, 3.05) is 19.7 Å². The number of benzene rings is 2. The lowest BCUT2D eigenvalue weighted by Crippen LogP contribution is -2.41. The molecule has 0 radical (unpaired) electrons. The molecule has 3 nitrogen and oxygen atoms in total. The summed E-state index contributed by atoms with van der Waals surface area (Å²) in [7, 11) is 0. The predicted molar refractivity (Wildman–Crippen MR) is 79.6 cm³/mol. The van der Waals surface area contributed by atoms with Gasteiger partial charge < -0.3 is 10.0 Å². The van der Waals surface area contributed by atoms with Gasteiger partial charge in [-0.25, -0.2) is 4.39 Å². The topological polar surface area (TPSA) is 40.5 Å². The van der Waals surface area contributed by atoms with Crippen molar-refractivity contribution in [1.29, 1.82) is 0 Å². The van der Waals surface area contributed by atoms with E-state index in [0.29, 0.717) is 29.4 Å². The molecule has 0 aromatic heterocycles. The molecular formula is C17H18FNO2. The minimum Gasteiger partial charge on any atom is -0.396 e. The molecule has 4 heteroatoms. The van der Waals surface area contributed by atoms with Gasteiger partial charge >= 0.3 is 0 Å². The molecule has 21 heavy (non-hydrogen) atoms. The Morgan fingerprint density at radius 3 is 2.76 bits per heavy atom. The normalized spacial score (nSPS) is 19.0. The van der Waals surface area contributed by atoms with Gasteiger partial charge in [-0.05, 0) is 36.3 Å². The summed E-state index contributed by atoms with van der Waals surface area (Å²) in [5.74, 6) is -0.243. The average molecular weight is 287 g/mol. The van der Waals surface area contributed by atoms with Gasteiger partial charge in [-0.15, -0.1) is 0 Å². The number of carbonyl (C=O) groups is 1. The number of amides is 1. The highest BCUT2D eigenvalue weighted by molar-refractivity contribution is 6.07. The van der Waals surface area contributed by atoms with Crippen LogP contribution in [0.5, 0.6) is 0 Å². The summed E-state index contributed by atoms with van der Waals surface area (Å²) in [6.45, 7) is 1.37. The van der Waals surface area contributed by atoms with Crippen LogP contribution in [0, 0.1) is 11.7 Å². The second kappa shape index (κ2) is 5.82. The molecule has 2 aromatic carbocycles. The molecule has 0 saturated carbocycles. The highest BCUT2D eigenvalue weighted by Gasteiger charge is 2.25. The van der Waals surface area contributed by atoms with Crippen LogP contribution in [0.25, 0.3) is 10.8 Å². The zero-order valence-corrected chi connectivity index (χ0v) is 11.8. The number of fused-ring (bicyclic) bond motifs is 1. The van der Waals surface area contributed by atoms with Crippen LogP contribution in [0.1, 0.15) is 23.2 Å². The second-order valence-electron chi connectivity index (χ2n) is 5.58. The van der Waals surface area contributed by atoms with E-state index in [1.54, 1.807) is 29.2 Å². The van der Waals surface area contributed by atoms with Crippen LogP contribution in [0.15, 0.2) is 36.4 Å². The van der Waals surface area contributed by atoms with Crippen molar-refractivity contribution >= 4 is 16.7 Å². The van der Waals surface area contributed by atoms with Crippen LogP contribution in [-0.2, 0) is 0 Å². The number of aliphatic hydroxyl groups excluding tert-OH is 1. The van der Waals surface area contributed by atoms with Gasteiger partial charge in [0.2, 0.25) is 0 Å². The van der Waals surface area contributed by atoms with Gasteiger partial charge in [0.25, 0.3) is 5.91 Å². The first-order chi connectivity index (χ1) is 10.2. The van der Waals surface area contributed by atoms with Gasteiger partial charge in [0, 0.05) is 30.6 Å². The fourth-order valence-electron chi connectivity index (χ4n) is 3.02. The zero-order valence-electron chi connectivity index (χ0n) is 11.8. The third-order valence-corrected chi connectivity index (χ3v) is 4.17. The Labute approximate surface area is 123 Å². The first-order valence-corrected chi connectivity index (χ1v) is 7.28. The van der Waals surface area contributed by atoms with E-state index in [0.717, 1.165) is 12.8 Å². The summed E-state index contributed by atoms with van der Waals surface area (Å²) in [4.78, 5) is 14.5. The molecule has 1 N–H and O–H groups in total. The largest absolute Gasteiger partial charge is 0.396 e. The fourth-order valence-corrected chi connectivity index (χ4v) is 3.02. The molecule has 1 heterocycles. The van der Waals surface area contributed by atoms with Gasteiger partial charge in [-0.2, -0.15) is 0 Å². The van der Waals surface area contributed by atoms with E-state index < -0.39 is 0 Å². The van der Waals surface area contributed by atoms with Crippen molar-refractivity contribution in [1.82, 2.24) is 4.90 Å². The molecular weight excluding hydrogens is 269 g/mol. The highest BCUT2D eigenvalue weighted by atomic mass is 19.1. The van der Waals surface area contributed by atoms with Crippen molar-refractivity contribution in [2.24, 2.45) is 5.92 Å². The summed E-state index contributed by atoms with van der Waals surface area (Å²) >= 11 is 0. The molecule has 0 bridgehead atoms.